The normalized spacial score (nSPS) is 13.5. The standard InChI is InChI=1S/C25H23FN4O3/c1-14-9-12-19(18(26)13-14)27-22-20-21(15(2)23(31)28(22)3)29(16-7-5-4-6-8-16)25(33)30(24(20)32)17-10-11-17/h4-9,12-13,17,27H,10-11H2,1-3H3. The molecule has 0 radical (unpaired) electrons. The van der Waals surface area contributed by atoms with Crippen molar-refractivity contribution in [2.75, 3.05) is 5.32 Å². The summed E-state index contributed by atoms with van der Waals surface area (Å²) in [4.78, 5) is 40.4. The maximum absolute atomic E-state index is 14.7. The van der Waals surface area contributed by atoms with Crippen LogP contribution in [0.1, 0.15) is 30.0 Å². The Morgan fingerprint density at radius 1 is 0.970 bits per heavy atom. The van der Waals surface area contributed by atoms with Crippen molar-refractivity contribution in [1.29, 1.82) is 0 Å². The van der Waals surface area contributed by atoms with Crippen LogP contribution in [0.15, 0.2) is 62.9 Å². The van der Waals surface area contributed by atoms with E-state index in [1.165, 1.54) is 26.8 Å². The number of benzene rings is 2. The zero-order chi connectivity index (χ0) is 23.4. The highest BCUT2D eigenvalue weighted by Gasteiger charge is 2.31. The lowest BCUT2D eigenvalue weighted by Crippen LogP contribution is -2.41. The third-order valence-corrected chi connectivity index (χ3v) is 6.15. The van der Waals surface area contributed by atoms with E-state index in [0.29, 0.717) is 5.69 Å². The van der Waals surface area contributed by atoms with Gasteiger partial charge in [0.05, 0.1) is 16.9 Å². The Labute approximate surface area is 188 Å². The molecule has 5 rings (SSSR count). The molecule has 0 bridgehead atoms. The summed E-state index contributed by atoms with van der Waals surface area (Å²) >= 11 is 0. The lowest BCUT2D eigenvalue weighted by atomic mass is 10.1. The molecule has 7 nitrogen and oxygen atoms in total. The molecule has 0 atom stereocenters. The lowest BCUT2D eigenvalue weighted by Gasteiger charge is -2.20. The van der Waals surface area contributed by atoms with Crippen molar-refractivity contribution < 1.29 is 4.39 Å². The minimum absolute atomic E-state index is 0.135. The van der Waals surface area contributed by atoms with E-state index < -0.39 is 17.1 Å². The third kappa shape index (κ3) is 3.29. The predicted octanol–water partition coefficient (Wildman–Crippen LogP) is 3.69. The molecule has 168 valence electrons. The summed E-state index contributed by atoms with van der Waals surface area (Å²) in [5.74, 6) is -0.359. The fourth-order valence-electron chi connectivity index (χ4n) is 4.28. The predicted molar refractivity (Wildman–Crippen MR) is 126 cm³/mol. The van der Waals surface area contributed by atoms with Gasteiger partial charge < -0.3 is 5.32 Å². The summed E-state index contributed by atoms with van der Waals surface area (Å²) < 4.78 is 18.7. The van der Waals surface area contributed by atoms with Crippen LogP contribution in [0.3, 0.4) is 0 Å². The number of anilines is 2. The van der Waals surface area contributed by atoms with Crippen LogP contribution >= 0.6 is 0 Å². The van der Waals surface area contributed by atoms with Gasteiger partial charge >= 0.3 is 5.69 Å². The van der Waals surface area contributed by atoms with Crippen molar-refractivity contribution in [3.8, 4) is 5.69 Å². The highest BCUT2D eigenvalue weighted by molar-refractivity contribution is 5.93. The molecule has 2 heterocycles. The van der Waals surface area contributed by atoms with Crippen molar-refractivity contribution in [2.45, 2.75) is 32.7 Å². The first kappa shape index (κ1) is 20.9. The minimum Gasteiger partial charge on any atom is -0.338 e. The van der Waals surface area contributed by atoms with Gasteiger partial charge in [-0.15, -0.1) is 0 Å². The molecule has 8 heteroatoms. The van der Waals surface area contributed by atoms with Gasteiger partial charge in [-0.3, -0.25) is 23.3 Å². The first-order valence-corrected chi connectivity index (χ1v) is 10.8. The van der Waals surface area contributed by atoms with Crippen LogP contribution in [0.25, 0.3) is 16.6 Å². The van der Waals surface area contributed by atoms with E-state index in [0.717, 1.165) is 18.4 Å². The van der Waals surface area contributed by atoms with Gasteiger partial charge in [-0.05, 0) is 56.5 Å². The molecule has 1 saturated carbocycles. The summed E-state index contributed by atoms with van der Waals surface area (Å²) in [6.45, 7) is 3.37. The summed E-state index contributed by atoms with van der Waals surface area (Å²) in [6, 6.07) is 13.4. The number of hydrogen-bond donors (Lipinski definition) is 1. The van der Waals surface area contributed by atoms with Crippen LogP contribution < -0.4 is 22.1 Å². The van der Waals surface area contributed by atoms with Gasteiger partial charge in [-0.2, -0.15) is 0 Å². The Hall–Kier alpha value is -3.94. The second-order valence-corrected chi connectivity index (χ2v) is 8.53. The van der Waals surface area contributed by atoms with E-state index in [-0.39, 0.29) is 39.6 Å². The van der Waals surface area contributed by atoms with Gasteiger partial charge in [0.15, 0.2) is 0 Å². The van der Waals surface area contributed by atoms with Gasteiger partial charge in [-0.25, -0.2) is 9.18 Å². The molecule has 1 aliphatic carbocycles. The maximum atomic E-state index is 14.7. The number of pyridine rings is 1. The van der Waals surface area contributed by atoms with Gasteiger partial charge in [-0.1, -0.05) is 24.3 Å². The van der Waals surface area contributed by atoms with E-state index >= 15 is 0 Å². The number of nitrogens with zero attached hydrogens (tertiary/aromatic N) is 3. The van der Waals surface area contributed by atoms with Crippen molar-refractivity contribution in [3.05, 3.63) is 96.7 Å². The molecule has 0 aliphatic heterocycles. The van der Waals surface area contributed by atoms with Crippen LogP contribution in [0.5, 0.6) is 0 Å². The van der Waals surface area contributed by atoms with E-state index in [2.05, 4.69) is 5.32 Å². The summed E-state index contributed by atoms with van der Waals surface area (Å²) in [5, 5.41) is 3.13. The number of aromatic nitrogens is 3. The van der Waals surface area contributed by atoms with E-state index in [1.807, 2.05) is 6.07 Å². The lowest BCUT2D eigenvalue weighted by molar-refractivity contribution is 0.630. The zero-order valence-electron chi connectivity index (χ0n) is 18.6. The third-order valence-electron chi connectivity index (χ3n) is 6.15. The second-order valence-electron chi connectivity index (χ2n) is 8.53. The topological polar surface area (TPSA) is 78.0 Å². The molecule has 2 aromatic heterocycles. The molecule has 2 aromatic carbocycles. The van der Waals surface area contributed by atoms with E-state index in [1.54, 1.807) is 50.2 Å². The highest BCUT2D eigenvalue weighted by Crippen LogP contribution is 2.34. The first-order chi connectivity index (χ1) is 15.8. The van der Waals surface area contributed by atoms with E-state index in [9.17, 15) is 18.8 Å². The smallest absolute Gasteiger partial charge is 0.336 e. The van der Waals surface area contributed by atoms with Crippen LogP contribution in [0.4, 0.5) is 15.9 Å². The zero-order valence-corrected chi connectivity index (χ0v) is 18.6. The van der Waals surface area contributed by atoms with Crippen LogP contribution in [-0.4, -0.2) is 13.7 Å². The van der Waals surface area contributed by atoms with Crippen LogP contribution in [0.2, 0.25) is 0 Å². The fourth-order valence-corrected chi connectivity index (χ4v) is 4.28. The first-order valence-electron chi connectivity index (χ1n) is 10.8. The average Bonchev–Trinajstić information content (AvgIpc) is 3.62. The largest absolute Gasteiger partial charge is 0.338 e. The number of aryl methyl sites for hydroxylation is 2. The van der Waals surface area contributed by atoms with Gasteiger partial charge in [0.25, 0.3) is 11.1 Å². The molecule has 1 fully saturated rings. The summed E-state index contributed by atoms with van der Waals surface area (Å²) in [6.07, 6.45) is 1.46. The fraction of sp³-hybridized carbons (Fsp3) is 0.240. The molecule has 4 aromatic rings. The van der Waals surface area contributed by atoms with Crippen LogP contribution in [-0.2, 0) is 7.05 Å². The van der Waals surface area contributed by atoms with E-state index in [4.69, 9.17) is 0 Å². The maximum Gasteiger partial charge on any atom is 0.336 e. The van der Waals surface area contributed by atoms with Crippen LogP contribution in [0, 0.1) is 19.7 Å². The molecular formula is C25H23FN4O3. The molecule has 1 aliphatic rings. The number of halogens is 1. The molecule has 0 spiro atoms. The Kier molecular flexibility index (Phi) is 4.81. The number of hydrogen-bond acceptors (Lipinski definition) is 4. The Balaban J connectivity index is 1.95. The average molecular weight is 446 g/mol. The molecule has 1 N–H and O–H groups in total. The van der Waals surface area contributed by atoms with Crippen molar-refractivity contribution in [1.82, 2.24) is 13.7 Å². The van der Waals surface area contributed by atoms with Crippen molar-refractivity contribution in [2.24, 2.45) is 7.05 Å². The number of nitrogens with one attached hydrogen (secondary N) is 1. The Morgan fingerprint density at radius 2 is 1.67 bits per heavy atom. The van der Waals surface area contributed by atoms with Crippen molar-refractivity contribution >= 4 is 22.4 Å². The van der Waals surface area contributed by atoms with Crippen molar-refractivity contribution in [3.63, 3.8) is 0 Å². The molecule has 0 amide bonds. The molecule has 0 unspecified atom stereocenters. The second kappa shape index (κ2) is 7.58. The number of para-hydroxylation sites is 1. The minimum atomic E-state index is -0.505. The monoisotopic (exact) mass is 446 g/mol. The quantitative estimate of drug-likeness (QED) is 0.519. The highest BCUT2D eigenvalue weighted by atomic mass is 19.1. The summed E-state index contributed by atoms with van der Waals surface area (Å²) in [5.41, 5.74) is 0.569. The van der Waals surface area contributed by atoms with Gasteiger partial charge in [0, 0.05) is 18.7 Å². The molecule has 33 heavy (non-hydrogen) atoms. The number of rotatable bonds is 4. The van der Waals surface area contributed by atoms with Gasteiger partial charge in [0.2, 0.25) is 0 Å². The summed E-state index contributed by atoms with van der Waals surface area (Å²) in [7, 11) is 1.53. The Bertz CT molecular complexity index is 1600. The molecule has 0 saturated heterocycles. The van der Waals surface area contributed by atoms with Gasteiger partial charge in [0.1, 0.15) is 17.0 Å². The SMILES string of the molecule is Cc1ccc(Nc2c3c(=O)n(C4CC4)c(=O)n(-c4ccccc4)c3c(C)c(=O)n2C)c(F)c1. The Morgan fingerprint density at radius 3 is 2.30 bits per heavy atom. The number of fused-ring (bicyclic) bond motifs is 1. The molecular weight excluding hydrogens is 423 g/mol.